The van der Waals surface area contributed by atoms with Crippen molar-refractivity contribution in [3.63, 3.8) is 0 Å². The smallest absolute Gasteiger partial charge is 0.264 e. The first-order valence-corrected chi connectivity index (χ1v) is 19.3. The maximum absolute atomic E-state index is 11.0. The van der Waals surface area contributed by atoms with Crippen LogP contribution in [0.3, 0.4) is 0 Å². The monoisotopic (exact) mass is 622 g/mol. The summed E-state index contributed by atoms with van der Waals surface area (Å²) < 4.78 is 54.4. The molecule has 234 valence electrons. The average molecular weight is 623 g/mol. The summed E-state index contributed by atoms with van der Waals surface area (Å²) in [7, 11) is -5.47. The number of ether oxygens (including phenoxy) is 3. The van der Waals surface area contributed by atoms with Gasteiger partial charge in [0.2, 0.25) is 8.32 Å². The van der Waals surface area contributed by atoms with Crippen LogP contribution in [0.2, 0.25) is 18.1 Å². The fraction of sp³-hybridized carbons (Fsp3) is 0.655. The molecular formula is C29H46N4O7SSi. The molecule has 13 heteroatoms. The predicted molar refractivity (Wildman–Crippen MR) is 165 cm³/mol. The van der Waals surface area contributed by atoms with Crippen LogP contribution >= 0.6 is 0 Å². The highest BCUT2D eigenvalue weighted by Crippen LogP contribution is 2.40. The minimum atomic E-state index is -3.45. The Hall–Kier alpha value is -2.29. The van der Waals surface area contributed by atoms with Gasteiger partial charge < -0.3 is 18.6 Å². The Kier molecular flexibility index (Phi) is 10.5. The summed E-state index contributed by atoms with van der Waals surface area (Å²) in [6, 6.07) is 6.25. The summed E-state index contributed by atoms with van der Waals surface area (Å²) in [6.45, 7) is 15.4. The Labute approximate surface area is 250 Å². The van der Waals surface area contributed by atoms with Gasteiger partial charge in [0.15, 0.2) is 6.23 Å². The lowest BCUT2D eigenvalue weighted by Crippen LogP contribution is -2.43. The van der Waals surface area contributed by atoms with E-state index in [1.807, 2.05) is 28.7 Å². The molecule has 1 saturated heterocycles. The van der Waals surface area contributed by atoms with Crippen LogP contribution in [0.5, 0.6) is 5.75 Å². The zero-order chi connectivity index (χ0) is 30.5. The lowest BCUT2D eigenvalue weighted by Gasteiger charge is -2.36. The SMILES string of the molecule is C[C@@H](COCCOCCOS(C)(=O)=O)n1cc(-c2nn([C@@H]3CCCCO3)c3ccc(O[Si](C)(C)C(C)(C)C)cc23)cn1. The molecule has 1 aliphatic rings. The molecule has 0 bridgehead atoms. The van der Waals surface area contributed by atoms with Gasteiger partial charge in [-0.25, -0.2) is 4.68 Å². The molecule has 0 aliphatic carbocycles. The van der Waals surface area contributed by atoms with Gasteiger partial charge in [-0.15, -0.1) is 0 Å². The van der Waals surface area contributed by atoms with Crippen molar-refractivity contribution in [3.8, 4) is 17.0 Å². The lowest BCUT2D eigenvalue weighted by atomic mass is 10.1. The van der Waals surface area contributed by atoms with Crippen molar-refractivity contribution >= 4 is 29.3 Å². The Morgan fingerprint density at radius 2 is 1.86 bits per heavy atom. The molecule has 2 aromatic heterocycles. The Morgan fingerprint density at radius 1 is 1.12 bits per heavy atom. The van der Waals surface area contributed by atoms with Gasteiger partial charge in [-0.1, -0.05) is 20.8 Å². The fourth-order valence-corrected chi connectivity index (χ4v) is 5.87. The van der Waals surface area contributed by atoms with E-state index in [1.54, 1.807) is 0 Å². The van der Waals surface area contributed by atoms with E-state index >= 15 is 0 Å². The molecule has 3 heterocycles. The molecule has 0 amide bonds. The maximum Gasteiger partial charge on any atom is 0.264 e. The predicted octanol–water partition coefficient (Wildman–Crippen LogP) is 5.55. The molecule has 1 aliphatic heterocycles. The normalized spacial score (nSPS) is 17.5. The summed E-state index contributed by atoms with van der Waals surface area (Å²) in [5.74, 6) is 0.860. The van der Waals surface area contributed by atoms with Crippen LogP contribution in [0.1, 0.15) is 59.2 Å². The second-order valence-electron chi connectivity index (χ2n) is 12.4. The van der Waals surface area contributed by atoms with Crippen LogP contribution in [-0.2, 0) is 28.5 Å². The van der Waals surface area contributed by atoms with Crippen molar-refractivity contribution in [1.29, 1.82) is 0 Å². The van der Waals surface area contributed by atoms with Gasteiger partial charge in [0.1, 0.15) is 11.4 Å². The quantitative estimate of drug-likeness (QED) is 0.130. The number of benzene rings is 1. The maximum atomic E-state index is 11.0. The number of nitrogens with zero attached hydrogens (tertiary/aromatic N) is 4. The lowest BCUT2D eigenvalue weighted by molar-refractivity contribution is -0.0365. The minimum absolute atomic E-state index is 0.00742. The summed E-state index contributed by atoms with van der Waals surface area (Å²) in [5.41, 5.74) is 2.79. The zero-order valence-electron chi connectivity index (χ0n) is 26.0. The molecule has 11 nitrogen and oxygen atoms in total. The third-order valence-corrected chi connectivity index (χ3v) is 12.8. The van der Waals surface area contributed by atoms with E-state index < -0.39 is 18.4 Å². The molecule has 2 atom stereocenters. The highest BCUT2D eigenvalue weighted by Gasteiger charge is 2.39. The number of hydrogen-bond acceptors (Lipinski definition) is 9. The van der Waals surface area contributed by atoms with Crippen molar-refractivity contribution < 1.29 is 31.2 Å². The molecule has 1 fully saturated rings. The van der Waals surface area contributed by atoms with E-state index in [2.05, 4.69) is 61.3 Å². The minimum Gasteiger partial charge on any atom is -0.543 e. The van der Waals surface area contributed by atoms with E-state index in [1.165, 1.54) is 0 Å². The van der Waals surface area contributed by atoms with E-state index in [-0.39, 0.29) is 30.5 Å². The van der Waals surface area contributed by atoms with Crippen LogP contribution in [0.25, 0.3) is 22.2 Å². The third kappa shape index (κ3) is 8.41. The topological polar surface area (TPSA) is 116 Å². The molecule has 0 saturated carbocycles. The molecule has 1 aromatic carbocycles. The van der Waals surface area contributed by atoms with Gasteiger partial charge in [0.05, 0.1) is 57.0 Å². The summed E-state index contributed by atoms with van der Waals surface area (Å²) in [5, 5.41) is 10.8. The highest BCUT2D eigenvalue weighted by molar-refractivity contribution is 7.85. The summed E-state index contributed by atoms with van der Waals surface area (Å²) >= 11 is 0. The fourth-order valence-electron chi connectivity index (χ4n) is 4.48. The van der Waals surface area contributed by atoms with Gasteiger partial charge in [-0.05, 0) is 62.5 Å². The van der Waals surface area contributed by atoms with Crippen molar-refractivity contribution in [2.75, 3.05) is 45.9 Å². The standard InChI is InChI=1S/C29H46N4O7SSi/c1-22(21-37-15-14-36-16-17-39-41(5,34)35)32-20-23(19-30-32)28-25-18-24(40-42(6,7)29(2,3)4)11-12-26(25)33(31-28)27-10-8-9-13-38-27/h11-12,18-20,22,27H,8-10,13-17,21H2,1-7H3/t22-,27-/m0/s1. The van der Waals surface area contributed by atoms with Crippen molar-refractivity contribution in [1.82, 2.24) is 19.6 Å². The van der Waals surface area contributed by atoms with Crippen molar-refractivity contribution in [3.05, 3.63) is 30.6 Å². The summed E-state index contributed by atoms with van der Waals surface area (Å²) in [4.78, 5) is 0. The third-order valence-electron chi connectivity index (χ3n) is 7.87. The Bertz CT molecular complexity index is 1430. The number of fused-ring (bicyclic) bond motifs is 1. The second-order valence-corrected chi connectivity index (χ2v) is 18.8. The first-order valence-electron chi connectivity index (χ1n) is 14.6. The Morgan fingerprint density at radius 3 is 2.55 bits per heavy atom. The number of rotatable bonds is 14. The van der Waals surface area contributed by atoms with Crippen molar-refractivity contribution in [2.45, 2.75) is 77.4 Å². The van der Waals surface area contributed by atoms with Crippen LogP contribution in [-0.4, -0.2) is 82.2 Å². The molecule has 0 N–H and O–H groups in total. The molecule has 0 spiro atoms. The van der Waals surface area contributed by atoms with Crippen LogP contribution < -0.4 is 4.43 Å². The van der Waals surface area contributed by atoms with Gasteiger partial charge >= 0.3 is 0 Å². The molecular weight excluding hydrogens is 576 g/mol. The molecule has 42 heavy (non-hydrogen) atoms. The zero-order valence-corrected chi connectivity index (χ0v) is 27.8. The Balaban J connectivity index is 1.47. The van der Waals surface area contributed by atoms with Crippen LogP contribution in [0.15, 0.2) is 30.6 Å². The largest absolute Gasteiger partial charge is 0.543 e. The first kappa shape index (κ1) is 32.6. The first-order chi connectivity index (χ1) is 19.7. The summed E-state index contributed by atoms with van der Waals surface area (Å²) in [6.07, 6.45) is 7.88. The van der Waals surface area contributed by atoms with E-state index in [0.29, 0.717) is 19.8 Å². The molecule has 0 unspecified atom stereocenters. The van der Waals surface area contributed by atoms with Crippen molar-refractivity contribution in [2.24, 2.45) is 0 Å². The number of hydrogen-bond donors (Lipinski definition) is 0. The molecule has 4 rings (SSSR count). The van der Waals surface area contributed by atoms with Gasteiger partial charge in [0.25, 0.3) is 10.1 Å². The molecule has 0 radical (unpaired) electrons. The van der Waals surface area contributed by atoms with Gasteiger partial charge in [0, 0.05) is 23.8 Å². The van der Waals surface area contributed by atoms with E-state index in [4.69, 9.17) is 23.7 Å². The van der Waals surface area contributed by atoms with Gasteiger partial charge in [-0.2, -0.15) is 18.6 Å². The van der Waals surface area contributed by atoms with E-state index in [0.717, 1.165) is 60.0 Å². The highest BCUT2D eigenvalue weighted by atomic mass is 32.2. The van der Waals surface area contributed by atoms with Crippen LogP contribution in [0, 0.1) is 0 Å². The second kappa shape index (κ2) is 13.6. The van der Waals surface area contributed by atoms with Gasteiger partial charge in [-0.3, -0.25) is 8.86 Å². The average Bonchev–Trinajstić information content (AvgIpc) is 3.54. The van der Waals surface area contributed by atoms with Crippen LogP contribution in [0.4, 0.5) is 0 Å². The van der Waals surface area contributed by atoms with E-state index in [9.17, 15) is 8.42 Å². The number of aromatic nitrogens is 4. The molecule has 3 aromatic rings.